The Hall–Kier alpha value is -3.45. The van der Waals surface area contributed by atoms with Gasteiger partial charge >= 0.3 is 5.97 Å². The highest BCUT2D eigenvalue weighted by Crippen LogP contribution is 2.51. The highest BCUT2D eigenvalue weighted by atomic mass is 32.2. The number of unbranched alkanes of at least 4 members (excludes halogenated alkanes) is 2. The van der Waals surface area contributed by atoms with Crippen molar-refractivity contribution in [3.63, 3.8) is 0 Å². The number of ether oxygens (including phenoxy) is 2. The Morgan fingerprint density at radius 1 is 0.852 bits per heavy atom. The molecule has 4 rings (SSSR count). The van der Waals surface area contributed by atoms with E-state index in [2.05, 4.69) is 4.90 Å². The first-order chi connectivity index (χ1) is 25.2. The van der Waals surface area contributed by atoms with Crippen LogP contribution in [-0.2, 0) is 55.2 Å². The lowest BCUT2D eigenvalue weighted by atomic mass is 9.75. The first kappa shape index (κ1) is 43.3. The molecule has 298 valence electrons. The Labute approximate surface area is 318 Å². The maximum Gasteiger partial charge on any atom is 0.303 e. The number of fused-ring (bicyclic) bond motifs is 2. The fourth-order valence-corrected chi connectivity index (χ4v) is 9.18. The van der Waals surface area contributed by atoms with Crippen LogP contribution in [0.5, 0.6) is 0 Å². The zero-order valence-electron chi connectivity index (χ0n) is 31.3. The molecular formula is C37H51N2O12S3+. The summed E-state index contributed by atoms with van der Waals surface area (Å²) in [5, 5.41) is 9.14. The van der Waals surface area contributed by atoms with Crippen molar-refractivity contribution in [2.75, 3.05) is 57.4 Å². The molecular weight excluding hydrogens is 761 g/mol. The van der Waals surface area contributed by atoms with Gasteiger partial charge in [-0.1, -0.05) is 6.08 Å². The van der Waals surface area contributed by atoms with Crippen LogP contribution in [-0.4, -0.2) is 108 Å². The van der Waals surface area contributed by atoms with Crippen LogP contribution in [0.1, 0.15) is 69.9 Å². The molecule has 0 fully saturated rings. The second kappa shape index (κ2) is 17.1. The molecule has 2 unspecified atom stereocenters. The van der Waals surface area contributed by atoms with Crippen LogP contribution >= 0.6 is 0 Å². The fraction of sp³-hybridized carbons (Fsp3) is 0.514. The maximum absolute atomic E-state index is 12.6. The van der Waals surface area contributed by atoms with Crippen LogP contribution in [0, 0.1) is 0 Å². The normalized spacial score (nSPS) is 21.0. The monoisotopic (exact) mass is 811 g/mol. The van der Waals surface area contributed by atoms with E-state index in [1.165, 1.54) is 18.4 Å². The molecule has 2 heterocycles. The number of aliphatic carboxylic acids is 1. The van der Waals surface area contributed by atoms with Crippen molar-refractivity contribution in [1.82, 2.24) is 0 Å². The minimum atomic E-state index is -4.60. The molecule has 0 aliphatic carbocycles. The molecule has 3 N–H and O–H groups in total. The molecule has 0 saturated heterocycles. The molecule has 0 bridgehead atoms. The van der Waals surface area contributed by atoms with Gasteiger partial charge in [0.1, 0.15) is 6.54 Å². The Kier molecular flexibility index (Phi) is 13.7. The average Bonchev–Trinajstić information content (AvgIpc) is 3.44. The van der Waals surface area contributed by atoms with Crippen LogP contribution in [0.25, 0.3) is 0 Å². The number of anilines is 1. The molecule has 0 aromatic heterocycles. The van der Waals surface area contributed by atoms with Crippen LogP contribution in [0.2, 0.25) is 0 Å². The number of methoxy groups -OCH3 is 2. The molecule has 0 saturated carbocycles. The number of carboxylic acid groups (broad SMARTS) is 1. The van der Waals surface area contributed by atoms with E-state index in [4.69, 9.17) is 14.6 Å². The first-order valence-electron chi connectivity index (χ1n) is 17.6. The number of hydrogen-bond acceptors (Lipinski definition) is 10. The minimum Gasteiger partial charge on any atom is -0.481 e. The van der Waals surface area contributed by atoms with Gasteiger partial charge in [-0.2, -0.15) is 21.4 Å². The van der Waals surface area contributed by atoms with E-state index in [0.29, 0.717) is 68.9 Å². The standard InChI is InChI=1S/C37H50N2O12S3/c1-36(18-10-24-53(44,45)46)30-26-28(54(47,48)49)15-17-31(30)38(20-8-6-7-13-35(40)41)33(36)11-9-12-34-37(2,19-22-50-3)29-25-27(52(5,42)43)14-16-32(29)39(34)21-23-51-4/h9,11-12,14-17,25-26H,6-8,10,13,18-24H2,1-5H3,(H2-,40,41,44,45,46,47,48,49)/p+1. The molecule has 2 aliphatic rings. The summed E-state index contributed by atoms with van der Waals surface area (Å²) in [6, 6.07) is 9.37. The molecule has 0 amide bonds. The van der Waals surface area contributed by atoms with Gasteiger partial charge in [0.15, 0.2) is 15.5 Å². The molecule has 14 nitrogen and oxygen atoms in total. The van der Waals surface area contributed by atoms with Crippen LogP contribution in [0.15, 0.2) is 70.1 Å². The Balaban J connectivity index is 1.91. The van der Waals surface area contributed by atoms with Crippen molar-refractivity contribution in [3.8, 4) is 0 Å². The zero-order chi connectivity index (χ0) is 40.1. The van der Waals surface area contributed by atoms with Gasteiger partial charge in [0.05, 0.1) is 27.6 Å². The predicted molar refractivity (Wildman–Crippen MR) is 205 cm³/mol. The average molecular weight is 812 g/mol. The topological polar surface area (TPSA) is 205 Å². The van der Waals surface area contributed by atoms with Crippen molar-refractivity contribution in [3.05, 3.63) is 71.5 Å². The van der Waals surface area contributed by atoms with Crippen molar-refractivity contribution >= 4 is 53.1 Å². The lowest BCUT2D eigenvalue weighted by Crippen LogP contribution is -2.32. The Morgan fingerprint density at radius 3 is 2.13 bits per heavy atom. The van der Waals surface area contributed by atoms with Crippen LogP contribution in [0.4, 0.5) is 11.4 Å². The van der Waals surface area contributed by atoms with E-state index in [-0.39, 0.29) is 29.1 Å². The highest BCUT2D eigenvalue weighted by molar-refractivity contribution is 7.90. The Morgan fingerprint density at radius 2 is 1.52 bits per heavy atom. The number of nitrogens with zero attached hydrogens (tertiary/aromatic N) is 2. The van der Waals surface area contributed by atoms with E-state index >= 15 is 0 Å². The molecule has 2 aromatic rings. The number of benzene rings is 2. The van der Waals surface area contributed by atoms with Crippen molar-refractivity contribution in [1.29, 1.82) is 0 Å². The summed E-state index contributed by atoms with van der Waals surface area (Å²) < 4.78 is 106. The quantitative estimate of drug-likeness (QED) is 0.0926. The predicted octanol–water partition coefficient (Wildman–Crippen LogP) is 4.91. The molecule has 2 aromatic carbocycles. The summed E-state index contributed by atoms with van der Waals surface area (Å²) in [6.07, 6.45) is 9.23. The molecule has 0 spiro atoms. The van der Waals surface area contributed by atoms with E-state index in [1.54, 1.807) is 38.5 Å². The summed E-state index contributed by atoms with van der Waals surface area (Å²) >= 11 is 0. The number of sulfone groups is 1. The molecule has 17 heteroatoms. The summed E-state index contributed by atoms with van der Waals surface area (Å²) in [6.45, 7) is 5.52. The van der Waals surface area contributed by atoms with Gasteiger partial charge in [0.2, 0.25) is 5.69 Å². The number of rotatable bonds is 20. The van der Waals surface area contributed by atoms with Gasteiger partial charge < -0.3 is 19.5 Å². The van der Waals surface area contributed by atoms with E-state index in [9.17, 15) is 39.2 Å². The summed E-state index contributed by atoms with van der Waals surface area (Å²) in [7, 11) is -9.23. The summed E-state index contributed by atoms with van der Waals surface area (Å²) in [5.74, 6) is -1.42. The van der Waals surface area contributed by atoms with Crippen molar-refractivity contribution in [2.24, 2.45) is 0 Å². The van der Waals surface area contributed by atoms with E-state index in [0.717, 1.165) is 16.9 Å². The van der Waals surface area contributed by atoms with Gasteiger partial charge in [-0.05, 0) is 87.9 Å². The van der Waals surface area contributed by atoms with Gasteiger partial charge in [0, 0.05) is 81.0 Å². The maximum atomic E-state index is 12.6. The third kappa shape index (κ3) is 9.85. The SMILES string of the molecule is COCCN1/C(=C/C=C/C2=[N+](CCCCCC(=O)O)c3ccc(S(=O)(=O)O)cc3C2(C)CCCS(=O)(=O)O)C(C)(CCOC)c2cc(S(C)(=O)=O)ccc21. The molecule has 2 atom stereocenters. The number of hydrogen-bond donors (Lipinski definition) is 3. The summed E-state index contributed by atoms with van der Waals surface area (Å²) in [4.78, 5) is 13.1. The summed E-state index contributed by atoms with van der Waals surface area (Å²) in [5.41, 5.74) is 2.70. The molecule has 2 aliphatic heterocycles. The van der Waals surface area contributed by atoms with Crippen molar-refractivity contribution < 1.29 is 58.3 Å². The van der Waals surface area contributed by atoms with Crippen LogP contribution < -0.4 is 4.90 Å². The molecule has 0 radical (unpaired) electrons. The lowest BCUT2D eigenvalue weighted by molar-refractivity contribution is -0.438. The minimum absolute atomic E-state index is 0.0151. The molecule has 54 heavy (non-hydrogen) atoms. The van der Waals surface area contributed by atoms with Gasteiger partial charge in [-0.15, -0.1) is 0 Å². The first-order valence-corrected chi connectivity index (χ1v) is 22.5. The van der Waals surface area contributed by atoms with Gasteiger partial charge in [0.25, 0.3) is 20.2 Å². The smallest absolute Gasteiger partial charge is 0.303 e. The van der Waals surface area contributed by atoms with Gasteiger partial charge in [-0.25, -0.2) is 8.42 Å². The van der Waals surface area contributed by atoms with Gasteiger partial charge in [-0.3, -0.25) is 13.9 Å². The second-order valence-corrected chi connectivity index (χ2v) is 19.2. The number of allylic oxidation sites excluding steroid dienone is 4. The fourth-order valence-electron chi connectivity index (χ4n) is 7.51. The highest BCUT2D eigenvalue weighted by Gasteiger charge is 2.48. The largest absolute Gasteiger partial charge is 0.481 e. The number of carbonyl (C=O) groups is 1. The second-order valence-electron chi connectivity index (χ2n) is 14.2. The third-order valence-corrected chi connectivity index (χ3v) is 13.1. The van der Waals surface area contributed by atoms with Crippen LogP contribution in [0.3, 0.4) is 0 Å². The Bertz CT molecular complexity index is 2160. The number of carboxylic acids is 1. The van der Waals surface area contributed by atoms with E-state index in [1.807, 2.05) is 36.7 Å². The third-order valence-electron chi connectivity index (χ3n) is 10.3. The van der Waals surface area contributed by atoms with Crippen molar-refractivity contribution in [2.45, 2.75) is 79.4 Å². The lowest BCUT2D eigenvalue weighted by Gasteiger charge is -2.30. The zero-order valence-corrected chi connectivity index (χ0v) is 33.8. The van der Waals surface area contributed by atoms with E-state index < -0.39 is 52.6 Å².